The molecule has 0 saturated heterocycles. The van der Waals surface area contributed by atoms with Crippen LogP contribution in [0.1, 0.15) is 17.3 Å². The van der Waals surface area contributed by atoms with Crippen LogP contribution in [0.2, 0.25) is 0 Å². The van der Waals surface area contributed by atoms with Crippen molar-refractivity contribution in [3.63, 3.8) is 0 Å². The molecule has 0 spiro atoms. The minimum atomic E-state index is -0.343. The van der Waals surface area contributed by atoms with Crippen LogP contribution in [0, 0.1) is 0 Å². The van der Waals surface area contributed by atoms with Crippen molar-refractivity contribution in [3.8, 4) is 0 Å². The lowest BCUT2D eigenvalue weighted by atomic mass is 10.2. The van der Waals surface area contributed by atoms with Crippen LogP contribution >= 0.6 is 11.8 Å². The summed E-state index contributed by atoms with van der Waals surface area (Å²) in [6.45, 7) is 2.39. The van der Waals surface area contributed by atoms with E-state index in [-0.39, 0.29) is 17.6 Å². The summed E-state index contributed by atoms with van der Waals surface area (Å²) in [5.41, 5.74) is 6.74. The van der Waals surface area contributed by atoms with Gasteiger partial charge in [-0.2, -0.15) is 0 Å². The lowest BCUT2D eigenvalue weighted by molar-refractivity contribution is -0.137. The number of nitrogen functional groups attached to an aromatic ring is 1. The maximum Gasteiger partial charge on any atom is 0.315 e. The van der Waals surface area contributed by atoms with E-state index < -0.39 is 0 Å². The van der Waals surface area contributed by atoms with E-state index in [4.69, 9.17) is 5.73 Å². The summed E-state index contributed by atoms with van der Waals surface area (Å²) in [5, 5.41) is 2.71. The Morgan fingerprint density at radius 1 is 1.44 bits per heavy atom. The molecule has 1 aromatic carbocycles. The van der Waals surface area contributed by atoms with Crippen molar-refractivity contribution in [3.05, 3.63) is 23.8 Å². The standard InChI is InChI=1S/C12H16N2O3S/c1-3-14-12(16)9-5-4-8(13)6-10(9)18-7-11(15)17-2/h4-6H,3,7,13H2,1-2H3,(H,14,16). The monoisotopic (exact) mass is 268 g/mol. The molecule has 0 fully saturated rings. The van der Waals surface area contributed by atoms with Crippen LogP contribution in [0.5, 0.6) is 0 Å². The highest BCUT2D eigenvalue weighted by atomic mass is 32.2. The van der Waals surface area contributed by atoms with Gasteiger partial charge in [-0.1, -0.05) is 0 Å². The molecule has 0 radical (unpaired) electrons. The fraction of sp³-hybridized carbons (Fsp3) is 0.333. The summed E-state index contributed by atoms with van der Waals surface area (Å²) in [6, 6.07) is 4.99. The molecule has 0 aliphatic carbocycles. The zero-order valence-corrected chi connectivity index (χ0v) is 11.2. The molecular formula is C12H16N2O3S. The second kappa shape index (κ2) is 6.90. The molecule has 0 aromatic heterocycles. The van der Waals surface area contributed by atoms with Crippen molar-refractivity contribution < 1.29 is 14.3 Å². The van der Waals surface area contributed by atoms with Crippen LogP contribution in [0.15, 0.2) is 23.1 Å². The third-order valence-electron chi connectivity index (χ3n) is 2.16. The van der Waals surface area contributed by atoms with Crippen molar-refractivity contribution in [1.29, 1.82) is 0 Å². The first-order valence-electron chi connectivity index (χ1n) is 5.45. The van der Waals surface area contributed by atoms with Crippen LogP contribution in [0.3, 0.4) is 0 Å². The molecule has 0 aliphatic heterocycles. The number of ether oxygens (including phenoxy) is 1. The molecule has 0 saturated carbocycles. The Morgan fingerprint density at radius 2 is 2.17 bits per heavy atom. The predicted molar refractivity (Wildman–Crippen MR) is 71.6 cm³/mol. The number of nitrogens with one attached hydrogen (secondary N) is 1. The Balaban J connectivity index is 2.89. The number of hydrogen-bond donors (Lipinski definition) is 2. The number of benzene rings is 1. The van der Waals surface area contributed by atoms with E-state index in [1.165, 1.54) is 18.9 Å². The molecule has 1 amide bonds. The Hall–Kier alpha value is -1.69. The molecule has 5 nitrogen and oxygen atoms in total. The third kappa shape index (κ3) is 3.96. The molecule has 3 N–H and O–H groups in total. The van der Waals surface area contributed by atoms with Crippen LogP contribution in [-0.4, -0.2) is 31.3 Å². The summed E-state index contributed by atoms with van der Waals surface area (Å²) in [4.78, 5) is 23.6. The highest BCUT2D eigenvalue weighted by Gasteiger charge is 2.13. The van der Waals surface area contributed by atoms with Gasteiger partial charge in [-0.05, 0) is 25.1 Å². The number of esters is 1. The molecular weight excluding hydrogens is 252 g/mol. The van der Waals surface area contributed by atoms with Gasteiger partial charge in [0.1, 0.15) is 0 Å². The average molecular weight is 268 g/mol. The van der Waals surface area contributed by atoms with E-state index in [9.17, 15) is 9.59 Å². The van der Waals surface area contributed by atoms with E-state index >= 15 is 0 Å². The van der Waals surface area contributed by atoms with Gasteiger partial charge in [-0.3, -0.25) is 9.59 Å². The second-order valence-electron chi connectivity index (χ2n) is 3.48. The lowest BCUT2D eigenvalue weighted by Gasteiger charge is -2.09. The van der Waals surface area contributed by atoms with Crippen LogP contribution < -0.4 is 11.1 Å². The number of methoxy groups -OCH3 is 1. The van der Waals surface area contributed by atoms with E-state index in [1.54, 1.807) is 18.2 Å². The highest BCUT2D eigenvalue weighted by Crippen LogP contribution is 2.25. The number of hydrogen-bond acceptors (Lipinski definition) is 5. The number of nitrogens with two attached hydrogens (primary N) is 1. The van der Waals surface area contributed by atoms with Crippen molar-refractivity contribution in [2.45, 2.75) is 11.8 Å². The first-order chi connectivity index (χ1) is 8.58. The summed E-state index contributed by atoms with van der Waals surface area (Å²) in [7, 11) is 1.33. The van der Waals surface area contributed by atoms with Gasteiger partial charge in [0.05, 0.1) is 18.4 Å². The zero-order valence-electron chi connectivity index (χ0n) is 10.4. The molecule has 98 valence electrons. The lowest BCUT2D eigenvalue weighted by Crippen LogP contribution is -2.23. The minimum absolute atomic E-state index is 0.145. The van der Waals surface area contributed by atoms with Crippen LogP contribution in [-0.2, 0) is 9.53 Å². The average Bonchev–Trinajstić information content (AvgIpc) is 2.36. The molecule has 0 bridgehead atoms. The number of rotatable bonds is 5. The number of carbonyl (C=O) groups is 2. The molecule has 0 atom stereocenters. The molecule has 0 aliphatic rings. The molecule has 0 unspecified atom stereocenters. The van der Waals surface area contributed by atoms with Gasteiger partial charge in [0.15, 0.2) is 0 Å². The maximum absolute atomic E-state index is 11.8. The summed E-state index contributed by atoms with van der Waals surface area (Å²) in [6.07, 6.45) is 0. The number of anilines is 1. The van der Waals surface area contributed by atoms with Gasteiger partial charge < -0.3 is 15.8 Å². The first-order valence-corrected chi connectivity index (χ1v) is 6.44. The quantitative estimate of drug-likeness (QED) is 0.477. The number of amides is 1. The smallest absolute Gasteiger partial charge is 0.315 e. The summed E-state index contributed by atoms with van der Waals surface area (Å²) >= 11 is 1.23. The van der Waals surface area contributed by atoms with Crippen molar-refractivity contribution in [1.82, 2.24) is 5.32 Å². The maximum atomic E-state index is 11.8. The van der Waals surface area contributed by atoms with Gasteiger partial charge in [0.25, 0.3) is 5.91 Å². The first kappa shape index (κ1) is 14.4. The SMILES string of the molecule is CCNC(=O)c1ccc(N)cc1SCC(=O)OC. The van der Waals surface area contributed by atoms with E-state index in [1.807, 2.05) is 6.92 Å². The number of thioether (sulfide) groups is 1. The molecule has 1 rings (SSSR count). The van der Waals surface area contributed by atoms with Gasteiger partial charge in [-0.15, -0.1) is 11.8 Å². The molecule has 0 heterocycles. The summed E-state index contributed by atoms with van der Waals surface area (Å²) < 4.78 is 4.56. The summed E-state index contributed by atoms with van der Waals surface area (Å²) in [5.74, 6) is -0.374. The number of carbonyl (C=O) groups excluding carboxylic acids is 2. The van der Waals surface area contributed by atoms with Crippen molar-refractivity contribution in [2.75, 3.05) is 25.1 Å². The Morgan fingerprint density at radius 3 is 2.78 bits per heavy atom. The van der Waals surface area contributed by atoms with Crippen molar-refractivity contribution in [2.24, 2.45) is 0 Å². The van der Waals surface area contributed by atoms with Gasteiger partial charge in [-0.25, -0.2) is 0 Å². The van der Waals surface area contributed by atoms with Crippen molar-refractivity contribution >= 4 is 29.3 Å². The second-order valence-corrected chi connectivity index (χ2v) is 4.50. The zero-order chi connectivity index (χ0) is 13.5. The normalized spacial score (nSPS) is 9.89. The van der Waals surface area contributed by atoms with Gasteiger partial charge in [0.2, 0.25) is 0 Å². The predicted octanol–water partition coefficient (Wildman–Crippen LogP) is 1.28. The topological polar surface area (TPSA) is 81.4 Å². The van der Waals surface area contributed by atoms with Gasteiger partial charge >= 0.3 is 5.97 Å². The van der Waals surface area contributed by atoms with Gasteiger partial charge in [0, 0.05) is 17.1 Å². The van der Waals surface area contributed by atoms with Crippen LogP contribution in [0.25, 0.3) is 0 Å². The largest absolute Gasteiger partial charge is 0.468 e. The molecule has 18 heavy (non-hydrogen) atoms. The van der Waals surface area contributed by atoms with E-state index in [0.29, 0.717) is 22.7 Å². The fourth-order valence-corrected chi connectivity index (χ4v) is 2.22. The van der Waals surface area contributed by atoms with Crippen LogP contribution in [0.4, 0.5) is 5.69 Å². The Kier molecular flexibility index (Phi) is 5.51. The van der Waals surface area contributed by atoms with E-state index in [0.717, 1.165) is 0 Å². The Labute approximate surface area is 110 Å². The fourth-order valence-electron chi connectivity index (χ4n) is 1.30. The Bertz CT molecular complexity index is 449. The molecule has 6 heteroatoms. The highest BCUT2D eigenvalue weighted by molar-refractivity contribution is 8.00. The molecule has 1 aromatic rings. The minimum Gasteiger partial charge on any atom is -0.468 e. The third-order valence-corrected chi connectivity index (χ3v) is 3.19. The van der Waals surface area contributed by atoms with E-state index in [2.05, 4.69) is 10.1 Å².